The van der Waals surface area contributed by atoms with Crippen LogP contribution in [0.25, 0.3) is 42.8 Å². The van der Waals surface area contributed by atoms with Crippen molar-refractivity contribution in [1.29, 1.82) is 15.8 Å². The maximum absolute atomic E-state index is 12.1. The van der Waals surface area contributed by atoms with Crippen molar-refractivity contribution in [3.63, 3.8) is 0 Å². The molecule has 0 bridgehead atoms. The highest BCUT2D eigenvalue weighted by Crippen LogP contribution is 2.34. The van der Waals surface area contributed by atoms with Crippen molar-refractivity contribution in [3.8, 4) is 18.2 Å². The molecule has 0 unspecified atom stereocenters. The van der Waals surface area contributed by atoms with E-state index in [2.05, 4.69) is 44.3 Å². The number of methoxy groups -OCH3 is 1. The number of hydrogen-bond acceptors (Lipinski definition) is 11. The number of carbonyl (C=O) groups excluding carboxylic acids is 1. The number of carbonyl (C=O) groups is 1. The fourth-order valence-corrected chi connectivity index (χ4v) is 2.90. The summed E-state index contributed by atoms with van der Waals surface area (Å²) >= 11 is 0. The average Bonchev–Trinajstić information content (AvgIpc) is 2.85. The Balaban J connectivity index is 2.39. The summed E-state index contributed by atoms with van der Waals surface area (Å²) in [6, 6.07) is 5.25. The van der Waals surface area contributed by atoms with Gasteiger partial charge in [-0.25, -0.2) is 24.7 Å². The smallest absolute Gasteiger partial charge is 0.359 e. The van der Waals surface area contributed by atoms with Crippen LogP contribution in [-0.2, 0) is 4.74 Å². The van der Waals surface area contributed by atoms with Crippen molar-refractivity contribution in [2.45, 2.75) is 0 Å². The minimum atomic E-state index is -0.941. The van der Waals surface area contributed by atoms with Crippen LogP contribution < -0.4 is 0 Å². The number of fused-ring (bicyclic) bond motifs is 6. The van der Waals surface area contributed by atoms with Gasteiger partial charge in [0, 0.05) is 0 Å². The summed E-state index contributed by atoms with van der Waals surface area (Å²) in [7, 11) is 1.10. The van der Waals surface area contributed by atoms with Crippen molar-refractivity contribution in [3.05, 3.63) is 45.6 Å². The third kappa shape index (κ3) is 2.63. The van der Waals surface area contributed by atoms with Crippen LogP contribution in [0.15, 0.2) is 0 Å². The third-order valence-corrected chi connectivity index (χ3v) is 4.23. The Morgan fingerprint density at radius 2 is 1.09 bits per heavy atom. The fraction of sp³-hybridized carbons (Fsp3) is 0.0526. The standard InChI is InChI=1S/C19H3N11O2/c1-23-17-18(24-2)30-16-14-12(27-9(6-22)10(28-14)19(31)32-3)11-13(15(16)29-17)26-8(5-21)7(4-20)25-11/h3H3. The molecule has 146 valence electrons. The van der Waals surface area contributed by atoms with Gasteiger partial charge in [0.15, 0.2) is 22.8 Å². The molecule has 3 aromatic heterocycles. The average molecular weight is 417 g/mol. The molecule has 0 amide bonds. The van der Waals surface area contributed by atoms with Gasteiger partial charge in [-0.3, -0.25) is 0 Å². The first-order valence-corrected chi connectivity index (χ1v) is 8.32. The summed E-state index contributed by atoms with van der Waals surface area (Å²) in [5, 5.41) is 28.1. The molecule has 0 N–H and O–H groups in total. The van der Waals surface area contributed by atoms with Crippen LogP contribution in [0.4, 0.5) is 11.6 Å². The predicted molar refractivity (Wildman–Crippen MR) is 104 cm³/mol. The van der Waals surface area contributed by atoms with E-state index in [0.717, 1.165) is 7.11 Å². The number of ether oxygens (including phenoxy) is 1. The molecule has 0 aliphatic rings. The maximum Gasteiger partial charge on any atom is 0.359 e. The second kappa shape index (κ2) is 7.20. The zero-order valence-corrected chi connectivity index (χ0v) is 15.7. The van der Waals surface area contributed by atoms with E-state index in [9.17, 15) is 20.6 Å². The van der Waals surface area contributed by atoms with E-state index >= 15 is 0 Å². The molecule has 32 heavy (non-hydrogen) atoms. The molecule has 0 radical (unpaired) electrons. The van der Waals surface area contributed by atoms with Gasteiger partial charge in [-0.05, 0) is 0 Å². The molecular weight excluding hydrogens is 414 g/mol. The van der Waals surface area contributed by atoms with E-state index in [1.165, 1.54) is 0 Å². The van der Waals surface area contributed by atoms with Gasteiger partial charge in [0.1, 0.15) is 40.3 Å². The highest BCUT2D eigenvalue weighted by molar-refractivity contribution is 6.19. The minimum Gasteiger partial charge on any atom is -0.464 e. The molecule has 13 heteroatoms. The lowest BCUT2D eigenvalue weighted by atomic mass is 10.1. The zero-order chi connectivity index (χ0) is 23.0. The van der Waals surface area contributed by atoms with Crippen molar-refractivity contribution < 1.29 is 9.53 Å². The Morgan fingerprint density at radius 1 is 0.719 bits per heavy atom. The van der Waals surface area contributed by atoms with Crippen molar-refractivity contribution in [2.75, 3.05) is 7.11 Å². The van der Waals surface area contributed by atoms with Crippen LogP contribution >= 0.6 is 0 Å². The Labute approximate surface area is 177 Å². The van der Waals surface area contributed by atoms with E-state index < -0.39 is 11.7 Å². The first kappa shape index (κ1) is 19.5. The van der Waals surface area contributed by atoms with Gasteiger partial charge in [-0.2, -0.15) is 15.8 Å². The van der Waals surface area contributed by atoms with Gasteiger partial charge in [0.2, 0.25) is 11.0 Å². The molecule has 4 aromatic rings. The van der Waals surface area contributed by atoms with Crippen molar-refractivity contribution >= 4 is 50.7 Å². The van der Waals surface area contributed by atoms with Crippen molar-refractivity contribution in [1.82, 2.24) is 29.9 Å². The van der Waals surface area contributed by atoms with Gasteiger partial charge < -0.3 is 14.4 Å². The minimum absolute atomic E-state index is 0.0408. The summed E-state index contributed by atoms with van der Waals surface area (Å²) in [6.45, 7) is 14.5. The van der Waals surface area contributed by atoms with Crippen molar-refractivity contribution in [2.24, 2.45) is 0 Å². The molecule has 0 atom stereocenters. The van der Waals surface area contributed by atoms with E-state index in [0.29, 0.717) is 0 Å². The lowest BCUT2D eigenvalue weighted by Gasteiger charge is -2.07. The van der Waals surface area contributed by atoms with E-state index in [-0.39, 0.29) is 61.8 Å². The van der Waals surface area contributed by atoms with Crippen LogP contribution in [0.1, 0.15) is 27.6 Å². The monoisotopic (exact) mass is 417 g/mol. The van der Waals surface area contributed by atoms with Crippen LogP contribution in [0.3, 0.4) is 0 Å². The Bertz CT molecular complexity index is 1690. The lowest BCUT2D eigenvalue weighted by molar-refractivity contribution is 0.0593. The number of rotatable bonds is 1. The second-order valence-corrected chi connectivity index (χ2v) is 5.85. The van der Waals surface area contributed by atoms with Gasteiger partial charge in [-0.1, -0.05) is 13.1 Å². The van der Waals surface area contributed by atoms with Crippen LogP contribution in [0, 0.1) is 47.1 Å². The molecule has 1 aromatic carbocycles. The molecule has 13 nitrogen and oxygen atoms in total. The number of nitrogens with zero attached hydrogens (tertiary/aromatic N) is 11. The largest absolute Gasteiger partial charge is 0.464 e. The molecule has 4 rings (SSSR count). The molecule has 3 heterocycles. The molecule has 0 spiro atoms. The fourth-order valence-electron chi connectivity index (χ4n) is 2.90. The molecular formula is C19H3N11O2. The SMILES string of the molecule is [C-]#[N+]c1nc2c3nc(C#N)c(C#N)nc3c3nc(C#N)c(C(=O)OC)nc3c2nc1[N+]#[C-]. The van der Waals surface area contributed by atoms with Crippen LogP contribution in [-0.4, -0.2) is 43.0 Å². The summed E-state index contributed by atoms with van der Waals surface area (Å²) in [5.41, 5.74) is -1.75. The normalized spacial score (nSPS) is 10.0. The van der Waals surface area contributed by atoms with Gasteiger partial charge >= 0.3 is 5.97 Å². The molecule has 0 aliphatic carbocycles. The molecule has 0 fully saturated rings. The first-order chi connectivity index (χ1) is 15.5. The topological polar surface area (TPSA) is 184 Å². The number of aromatic nitrogens is 6. The summed E-state index contributed by atoms with van der Waals surface area (Å²) < 4.78 is 4.65. The van der Waals surface area contributed by atoms with E-state index in [4.69, 9.17) is 13.1 Å². The lowest BCUT2D eigenvalue weighted by Crippen LogP contribution is -2.10. The number of nitriles is 3. The Hall–Kier alpha value is -5.84. The second-order valence-electron chi connectivity index (χ2n) is 5.85. The summed E-state index contributed by atoms with van der Waals surface area (Å²) in [6.07, 6.45) is 0. The Morgan fingerprint density at radius 3 is 1.47 bits per heavy atom. The summed E-state index contributed by atoms with van der Waals surface area (Å²) in [4.78, 5) is 43.4. The van der Waals surface area contributed by atoms with Gasteiger partial charge in [0.05, 0.1) is 7.11 Å². The highest BCUT2D eigenvalue weighted by atomic mass is 16.5. The van der Waals surface area contributed by atoms with Crippen LogP contribution in [0.2, 0.25) is 0 Å². The van der Waals surface area contributed by atoms with Gasteiger partial charge in [0.25, 0.3) is 11.6 Å². The van der Waals surface area contributed by atoms with Gasteiger partial charge in [-0.15, -0.1) is 9.97 Å². The molecule has 0 aliphatic heterocycles. The zero-order valence-electron chi connectivity index (χ0n) is 15.7. The van der Waals surface area contributed by atoms with E-state index in [1.54, 1.807) is 18.2 Å². The quantitative estimate of drug-likeness (QED) is 0.251. The van der Waals surface area contributed by atoms with Crippen LogP contribution in [0.5, 0.6) is 0 Å². The predicted octanol–water partition coefficient (Wildman–Crippen LogP) is 2.02. The number of hydrogen-bond donors (Lipinski definition) is 0. The molecule has 0 saturated heterocycles. The number of esters is 1. The maximum atomic E-state index is 12.1. The van der Waals surface area contributed by atoms with E-state index in [1.807, 2.05) is 0 Å². The first-order valence-electron chi connectivity index (χ1n) is 8.32. The summed E-state index contributed by atoms with van der Waals surface area (Å²) in [5.74, 6) is -1.60. The number of benzene rings is 1. The Kier molecular flexibility index (Phi) is 4.38. The molecule has 0 saturated carbocycles. The highest BCUT2D eigenvalue weighted by Gasteiger charge is 2.27. The third-order valence-electron chi connectivity index (χ3n) is 4.23.